The Bertz CT molecular complexity index is 1040. The fraction of sp³-hybridized carbons (Fsp3) is 0.417. The van der Waals surface area contributed by atoms with Crippen molar-refractivity contribution in [1.29, 1.82) is 0 Å². The number of piperidine rings is 1. The van der Waals surface area contributed by atoms with Crippen LogP contribution in [-0.4, -0.2) is 56.6 Å². The number of amides is 2. The van der Waals surface area contributed by atoms with Gasteiger partial charge in [0.15, 0.2) is 0 Å². The van der Waals surface area contributed by atoms with Gasteiger partial charge in [0.2, 0.25) is 21.8 Å². The average Bonchev–Trinajstić information content (AvgIpc) is 2.79. The summed E-state index contributed by atoms with van der Waals surface area (Å²) in [6, 6.07) is 15.9. The molecule has 172 valence electrons. The fourth-order valence-electron chi connectivity index (χ4n) is 3.85. The molecule has 0 bridgehead atoms. The molecular weight excluding hydrogens is 426 g/mol. The molecule has 1 aliphatic rings. The normalized spacial score (nSPS) is 17.8. The second-order valence-electron chi connectivity index (χ2n) is 8.43. The van der Waals surface area contributed by atoms with Gasteiger partial charge in [-0.05, 0) is 43.0 Å². The number of likely N-dealkylation sites (tertiary alicyclic amines) is 1. The third-order valence-electron chi connectivity index (χ3n) is 5.86. The largest absolute Gasteiger partial charge is 0.349 e. The Kier molecular flexibility index (Phi) is 7.69. The van der Waals surface area contributed by atoms with E-state index in [0.29, 0.717) is 19.5 Å². The Morgan fingerprint density at radius 1 is 1.09 bits per heavy atom. The number of rotatable bonds is 7. The molecule has 2 atom stereocenters. The van der Waals surface area contributed by atoms with Crippen LogP contribution in [0.2, 0.25) is 0 Å². The molecule has 0 radical (unpaired) electrons. The lowest BCUT2D eigenvalue weighted by molar-refractivity contribution is -0.135. The Labute approximate surface area is 190 Å². The van der Waals surface area contributed by atoms with Crippen LogP contribution < -0.4 is 5.32 Å². The monoisotopic (exact) mass is 457 g/mol. The Hall–Kier alpha value is -2.71. The molecule has 0 spiro atoms. The second-order valence-corrected chi connectivity index (χ2v) is 10.6. The van der Waals surface area contributed by atoms with E-state index in [-0.39, 0.29) is 28.7 Å². The van der Waals surface area contributed by atoms with Crippen LogP contribution in [0.4, 0.5) is 0 Å². The van der Waals surface area contributed by atoms with E-state index >= 15 is 0 Å². The first-order valence-electron chi connectivity index (χ1n) is 10.8. The van der Waals surface area contributed by atoms with Gasteiger partial charge in [-0.1, -0.05) is 42.5 Å². The molecule has 2 unspecified atom stereocenters. The number of nitrogens with one attached hydrogen (secondary N) is 1. The van der Waals surface area contributed by atoms with Crippen molar-refractivity contribution in [3.8, 4) is 0 Å². The van der Waals surface area contributed by atoms with Crippen molar-refractivity contribution in [3.05, 3.63) is 65.7 Å². The summed E-state index contributed by atoms with van der Waals surface area (Å²) in [5.41, 5.74) is 1.79. The van der Waals surface area contributed by atoms with Crippen LogP contribution in [0.5, 0.6) is 0 Å². The molecule has 1 heterocycles. The van der Waals surface area contributed by atoms with Crippen LogP contribution in [0.15, 0.2) is 59.5 Å². The Morgan fingerprint density at radius 2 is 1.75 bits per heavy atom. The van der Waals surface area contributed by atoms with Crippen molar-refractivity contribution >= 4 is 21.8 Å². The van der Waals surface area contributed by atoms with E-state index in [1.807, 2.05) is 37.3 Å². The summed E-state index contributed by atoms with van der Waals surface area (Å²) in [5, 5.41) is 3.02. The maximum Gasteiger partial charge on any atom is 0.242 e. The minimum atomic E-state index is -3.49. The summed E-state index contributed by atoms with van der Waals surface area (Å²) in [4.78, 5) is 27.6. The molecule has 1 aliphatic heterocycles. The van der Waals surface area contributed by atoms with E-state index in [2.05, 4.69) is 5.32 Å². The fourth-order valence-corrected chi connectivity index (χ4v) is 4.76. The number of sulfonamides is 1. The Morgan fingerprint density at radius 3 is 2.38 bits per heavy atom. The summed E-state index contributed by atoms with van der Waals surface area (Å²) in [5.74, 6) is -0.293. The maximum absolute atomic E-state index is 12.9. The zero-order valence-corrected chi connectivity index (χ0v) is 19.6. The lowest BCUT2D eigenvalue weighted by Crippen LogP contribution is -2.46. The SMILES string of the molecule is CC(NC(=O)C1CCCN(C(=O)Cc2ccccc2)C1)c1ccc(S(=O)(=O)N(C)C)cc1. The summed E-state index contributed by atoms with van der Waals surface area (Å²) < 4.78 is 25.6. The van der Waals surface area contributed by atoms with Gasteiger partial charge < -0.3 is 10.2 Å². The molecule has 0 aliphatic carbocycles. The van der Waals surface area contributed by atoms with E-state index in [1.54, 1.807) is 29.2 Å². The van der Waals surface area contributed by atoms with Crippen LogP contribution in [0.1, 0.15) is 36.9 Å². The lowest BCUT2D eigenvalue weighted by atomic mass is 9.95. The molecule has 2 aromatic carbocycles. The first-order chi connectivity index (χ1) is 15.2. The van der Waals surface area contributed by atoms with Gasteiger partial charge in [0, 0.05) is 27.2 Å². The van der Waals surface area contributed by atoms with E-state index in [4.69, 9.17) is 0 Å². The lowest BCUT2D eigenvalue weighted by Gasteiger charge is -2.33. The minimum Gasteiger partial charge on any atom is -0.349 e. The molecule has 0 aromatic heterocycles. The highest BCUT2D eigenvalue weighted by Gasteiger charge is 2.29. The first-order valence-corrected chi connectivity index (χ1v) is 12.3. The zero-order valence-electron chi connectivity index (χ0n) is 18.8. The standard InChI is InChI=1S/C24H31N3O4S/c1-18(20-11-13-22(14-12-20)32(30,31)26(2)3)25-24(29)21-10-7-15-27(17-21)23(28)16-19-8-5-4-6-9-19/h4-6,8-9,11-14,18,21H,7,10,15-17H2,1-3H3,(H,25,29). The molecule has 8 heteroatoms. The van der Waals surface area contributed by atoms with E-state index in [1.165, 1.54) is 18.4 Å². The van der Waals surface area contributed by atoms with Gasteiger partial charge in [-0.2, -0.15) is 0 Å². The number of carbonyl (C=O) groups excluding carboxylic acids is 2. The Balaban J connectivity index is 1.58. The molecule has 2 aromatic rings. The van der Waals surface area contributed by atoms with Crippen LogP contribution >= 0.6 is 0 Å². The summed E-state index contributed by atoms with van der Waals surface area (Å²) in [6.07, 6.45) is 1.88. The van der Waals surface area contributed by atoms with Crippen LogP contribution in [0.25, 0.3) is 0 Å². The first kappa shape index (κ1) is 23.9. The van der Waals surface area contributed by atoms with E-state index < -0.39 is 10.0 Å². The molecular formula is C24H31N3O4S. The van der Waals surface area contributed by atoms with Crippen molar-refractivity contribution < 1.29 is 18.0 Å². The van der Waals surface area contributed by atoms with Crippen molar-refractivity contribution in [2.24, 2.45) is 5.92 Å². The van der Waals surface area contributed by atoms with Crippen LogP contribution in [0, 0.1) is 5.92 Å². The van der Waals surface area contributed by atoms with Gasteiger partial charge in [-0.25, -0.2) is 12.7 Å². The van der Waals surface area contributed by atoms with Gasteiger partial charge in [0.1, 0.15) is 0 Å². The zero-order chi connectivity index (χ0) is 23.3. The van der Waals surface area contributed by atoms with Gasteiger partial charge >= 0.3 is 0 Å². The number of hydrogen-bond donors (Lipinski definition) is 1. The van der Waals surface area contributed by atoms with Gasteiger partial charge in [-0.3, -0.25) is 9.59 Å². The number of hydrogen-bond acceptors (Lipinski definition) is 4. The third kappa shape index (κ3) is 5.75. The maximum atomic E-state index is 12.9. The molecule has 7 nitrogen and oxygen atoms in total. The predicted molar refractivity (Wildman–Crippen MR) is 123 cm³/mol. The molecule has 0 saturated carbocycles. The third-order valence-corrected chi connectivity index (χ3v) is 7.69. The number of carbonyl (C=O) groups is 2. The van der Waals surface area contributed by atoms with Crippen molar-refractivity contribution in [2.45, 2.75) is 37.1 Å². The number of benzene rings is 2. The highest BCUT2D eigenvalue weighted by molar-refractivity contribution is 7.89. The molecule has 1 saturated heterocycles. The quantitative estimate of drug-likeness (QED) is 0.692. The van der Waals surface area contributed by atoms with E-state index in [9.17, 15) is 18.0 Å². The van der Waals surface area contributed by atoms with Gasteiger partial charge in [0.25, 0.3) is 0 Å². The predicted octanol–water partition coefficient (Wildman–Crippen LogP) is 2.60. The van der Waals surface area contributed by atoms with Crippen molar-refractivity contribution in [3.63, 3.8) is 0 Å². The molecule has 2 amide bonds. The molecule has 1 fully saturated rings. The summed E-state index contributed by atoms with van der Waals surface area (Å²) >= 11 is 0. The van der Waals surface area contributed by atoms with Crippen molar-refractivity contribution in [1.82, 2.24) is 14.5 Å². The van der Waals surface area contributed by atoms with Crippen molar-refractivity contribution in [2.75, 3.05) is 27.2 Å². The van der Waals surface area contributed by atoms with Crippen LogP contribution in [0.3, 0.4) is 0 Å². The molecule has 3 rings (SSSR count). The molecule has 32 heavy (non-hydrogen) atoms. The van der Waals surface area contributed by atoms with E-state index in [0.717, 1.165) is 24.0 Å². The van der Waals surface area contributed by atoms with Crippen LogP contribution in [-0.2, 0) is 26.0 Å². The summed E-state index contributed by atoms with van der Waals surface area (Å²) in [6.45, 7) is 2.96. The van der Waals surface area contributed by atoms with Gasteiger partial charge in [-0.15, -0.1) is 0 Å². The summed E-state index contributed by atoms with van der Waals surface area (Å²) in [7, 11) is -0.508. The van der Waals surface area contributed by atoms with Gasteiger partial charge in [0.05, 0.1) is 23.3 Å². The topological polar surface area (TPSA) is 86.8 Å². The molecule has 1 N–H and O–H groups in total. The highest BCUT2D eigenvalue weighted by Crippen LogP contribution is 2.21. The second kappa shape index (κ2) is 10.3. The average molecular weight is 458 g/mol. The number of nitrogens with zero attached hydrogens (tertiary/aromatic N) is 2. The smallest absolute Gasteiger partial charge is 0.242 e. The minimum absolute atomic E-state index is 0.0411. The highest BCUT2D eigenvalue weighted by atomic mass is 32.2.